The van der Waals surface area contributed by atoms with Crippen LogP contribution in [0.4, 0.5) is 5.69 Å². The number of hydrogen-bond donors (Lipinski definition) is 1. The zero-order chi connectivity index (χ0) is 17.7. The van der Waals surface area contributed by atoms with E-state index in [1.165, 1.54) is 7.11 Å². The van der Waals surface area contributed by atoms with Gasteiger partial charge in [0.25, 0.3) is 5.91 Å². The van der Waals surface area contributed by atoms with Crippen LogP contribution in [0.5, 0.6) is 5.75 Å². The maximum absolute atomic E-state index is 12.6. The predicted molar refractivity (Wildman–Crippen MR) is 95.8 cm³/mol. The number of esters is 1. The molecule has 1 N–H and O–H groups in total. The van der Waals surface area contributed by atoms with Gasteiger partial charge >= 0.3 is 5.97 Å². The summed E-state index contributed by atoms with van der Waals surface area (Å²) in [5.74, 6) is -0.237. The van der Waals surface area contributed by atoms with Crippen LogP contribution in [0, 0.1) is 6.92 Å². The van der Waals surface area contributed by atoms with Crippen LogP contribution in [0.1, 0.15) is 33.2 Å². The first-order valence-electron chi connectivity index (χ1n) is 7.39. The van der Waals surface area contributed by atoms with Crippen LogP contribution in [0.15, 0.2) is 40.9 Å². The Morgan fingerprint density at radius 2 is 1.96 bits per heavy atom. The van der Waals surface area contributed by atoms with E-state index in [1.807, 2.05) is 13.0 Å². The van der Waals surface area contributed by atoms with Crippen molar-refractivity contribution in [3.05, 3.63) is 57.6 Å². The molecule has 0 bridgehead atoms. The highest BCUT2D eigenvalue weighted by Crippen LogP contribution is 2.28. The van der Waals surface area contributed by atoms with Crippen molar-refractivity contribution in [2.24, 2.45) is 0 Å². The lowest BCUT2D eigenvalue weighted by atomic mass is 10.1. The lowest BCUT2D eigenvalue weighted by molar-refractivity contribution is 0.0526. The molecule has 1 amide bonds. The molecule has 0 aliphatic heterocycles. The number of halogens is 1. The van der Waals surface area contributed by atoms with Crippen LogP contribution in [0.2, 0.25) is 0 Å². The number of carbonyl (C=O) groups is 2. The van der Waals surface area contributed by atoms with Gasteiger partial charge in [-0.1, -0.05) is 22.0 Å². The third kappa shape index (κ3) is 4.14. The molecule has 0 aromatic heterocycles. The normalized spacial score (nSPS) is 10.2. The van der Waals surface area contributed by atoms with Gasteiger partial charge in [-0.25, -0.2) is 4.79 Å². The molecule has 2 rings (SSSR count). The summed E-state index contributed by atoms with van der Waals surface area (Å²) in [6.07, 6.45) is 0. The van der Waals surface area contributed by atoms with Crippen LogP contribution in [-0.4, -0.2) is 25.6 Å². The molecule has 0 spiro atoms. The van der Waals surface area contributed by atoms with Gasteiger partial charge in [-0.15, -0.1) is 0 Å². The fraction of sp³-hybridized carbons (Fsp3) is 0.222. The Balaban J connectivity index is 2.28. The minimum atomic E-state index is -0.426. The van der Waals surface area contributed by atoms with Crippen LogP contribution in [-0.2, 0) is 4.74 Å². The zero-order valence-electron chi connectivity index (χ0n) is 13.7. The van der Waals surface area contributed by atoms with Gasteiger partial charge in [-0.05, 0) is 49.7 Å². The van der Waals surface area contributed by atoms with E-state index in [9.17, 15) is 9.59 Å². The van der Waals surface area contributed by atoms with Crippen molar-refractivity contribution >= 4 is 33.5 Å². The highest BCUT2D eigenvalue weighted by molar-refractivity contribution is 9.10. The first-order chi connectivity index (χ1) is 11.5. The smallest absolute Gasteiger partial charge is 0.338 e. The Morgan fingerprint density at radius 1 is 1.21 bits per heavy atom. The second kappa shape index (κ2) is 7.97. The van der Waals surface area contributed by atoms with Gasteiger partial charge in [0.05, 0.1) is 24.8 Å². The molecule has 0 atom stereocenters. The maximum Gasteiger partial charge on any atom is 0.338 e. The highest BCUT2D eigenvalue weighted by Gasteiger charge is 2.16. The van der Waals surface area contributed by atoms with E-state index in [-0.39, 0.29) is 5.91 Å². The molecule has 0 radical (unpaired) electrons. The lowest BCUT2D eigenvalue weighted by Crippen LogP contribution is -2.14. The van der Waals surface area contributed by atoms with Gasteiger partial charge in [0.1, 0.15) is 5.75 Å². The zero-order valence-corrected chi connectivity index (χ0v) is 15.3. The van der Waals surface area contributed by atoms with Crippen molar-refractivity contribution in [1.29, 1.82) is 0 Å². The maximum atomic E-state index is 12.6. The quantitative estimate of drug-likeness (QED) is 0.775. The Bertz CT molecular complexity index is 774. The molecule has 0 fully saturated rings. The van der Waals surface area contributed by atoms with E-state index in [4.69, 9.17) is 9.47 Å². The number of hydrogen-bond acceptors (Lipinski definition) is 4. The summed E-state index contributed by atoms with van der Waals surface area (Å²) in [6.45, 7) is 3.90. The van der Waals surface area contributed by atoms with Crippen molar-refractivity contribution in [2.75, 3.05) is 19.0 Å². The molecule has 0 saturated heterocycles. The second-order valence-corrected chi connectivity index (χ2v) is 5.97. The van der Waals surface area contributed by atoms with Gasteiger partial charge in [0.15, 0.2) is 0 Å². The molecule has 0 aliphatic carbocycles. The summed E-state index contributed by atoms with van der Waals surface area (Å²) >= 11 is 3.38. The third-order valence-corrected chi connectivity index (χ3v) is 3.78. The number of nitrogens with one attached hydrogen (secondary N) is 1. The van der Waals surface area contributed by atoms with E-state index in [0.29, 0.717) is 29.2 Å². The van der Waals surface area contributed by atoms with E-state index < -0.39 is 5.97 Å². The molecule has 2 aromatic carbocycles. The molecule has 6 heteroatoms. The molecular formula is C18H18BrNO4. The molecule has 2 aromatic rings. The van der Waals surface area contributed by atoms with Crippen LogP contribution >= 0.6 is 15.9 Å². The minimum absolute atomic E-state index is 0.296. The second-order valence-electron chi connectivity index (χ2n) is 5.06. The summed E-state index contributed by atoms with van der Waals surface area (Å²) < 4.78 is 11.1. The Labute approximate surface area is 149 Å². The van der Waals surface area contributed by atoms with E-state index in [1.54, 1.807) is 37.3 Å². The van der Waals surface area contributed by atoms with Crippen LogP contribution < -0.4 is 10.1 Å². The van der Waals surface area contributed by atoms with Gasteiger partial charge < -0.3 is 14.8 Å². The van der Waals surface area contributed by atoms with Crippen molar-refractivity contribution in [3.63, 3.8) is 0 Å². The fourth-order valence-corrected chi connectivity index (χ4v) is 2.88. The third-order valence-electron chi connectivity index (χ3n) is 3.32. The Kier molecular flexibility index (Phi) is 5.98. The summed E-state index contributed by atoms with van der Waals surface area (Å²) in [4.78, 5) is 24.4. The van der Waals surface area contributed by atoms with E-state index >= 15 is 0 Å². The molecule has 0 aliphatic rings. The van der Waals surface area contributed by atoms with Gasteiger partial charge in [0, 0.05) is 10.2 Å². The summed E-state index contributed by atoms with van der Waals surface area (Å²) in [6, 6.07) is 10.2. The van der Waals surface area contributed by atoms with Crippen LogP contribution in [0.3, 0.4) is 0 Å². The standard InChI is InChI=1S/C18H18BrNO4/c1-4-24-18(22)12-6-5-7-14(9-12)20-17(21)15-10-13(19)8-11(2)16(15)23-3/h5-10H,4H2,1-3H3,(H,20,21). The van der Waals surface area contributed by atoms with Crippen molar-refractivity contribution in [2.45, 2.75) is 13.8 Å². The SMILES string of the molecule is CCOC(=O)c1cccc(NC(=O)c2cc(Br)cc(C)c2OC)c1. The number of benzene rings is 2. The van der Waals surface area contributed by atoms with Gasteiger partial charge in [-0.2, -0.15) is 0 Å². The number of anilines is 1. The topological polar surface area (TPSA) is 64.6 Å². The fourth-order valence-electron chi connectivity index (χ4n) is 2.31. The number of methoxy groups -OCH3 is 1. The summed E-state index contributed by atoms with van der Waals surface area (Å²) in [7, 11) is 1.52. The van der Waals surface area contributed by atoms with Crippen LogP contribution in [0.25, 0.3) is 0 Å². The average molecular weight is 392 g/mol. The molecule has 126 valence electrons. The molecule has 0 saturated carbocycles. The lowest BCUT2D eigenvalue weighted by Gasteiger charge is -2.13. The molecule has 0 heterocycles. The van der Waals surface area contributed by atoms with Crippen molar-refractivity contribution < 1.29 is 19.1 Å². The highest BCUT2D eigenvalue weighted by atomic mass is 79.9. The van der Waals surface area contributed by atoms with E-state index in [2.05, 4.69) is 21.2 Å². The number of aryl methyl sites for hydroxylation is 1. The Hall–Kier alpha value is -2.34. The largest absolute Gasteiger partial charge is 0.496 e. The number of amides is 1. The van der Waals surface area contributed by atoms with Gasteiger partial charge in [-0.3, -0.25) is 4.79 Å². The molecule has 0 unspecified atom stereocenters. The van der Waals surface area contributed by atoms with Crippen molar-refractivity contribution in [1.82, 2.24) is 0 Å². The molecule has 24 heavy (non-hydrogen) atoms. The number of carbonyl (C=O) groups excluding carboxylic acids is 2. The first-order valence-corrected chi connectivity index (χ1v) is 8.18. The summed E-state index contributed by atoms with van der Waals surface area (Å²) in [5.41, 5.74) is 2.14. The predicted octanol–water partition coefficient (Wildman–Crippen LogP) is 4.20. The molecule has 5 nitrogen and oxygen atoms in total. The monoisotopic (exact) mass is 391 g/mol. The minimum Gasteiger partial charge on any atom is -0.496 e. The Morgan fingerprint density at radius 3 is 2.62 bits per heavy atom. The number of ether oxygens (including phenoxy) is 2. The first kappa shape index (κ1) is 18.0. The van der Waals surface area contributed by atoms with Crippen molar-refractivity contribution in [3.8, 4) is 5.75 Å². The average Bonchev–Trinajstić information content (AvgIpc) is 2.54. The van der Waals surface area contributed by atoms with E-state index in [0.717, 1.165) is 10.0 Å². The molecular weight excluding hydrogens is 374 g/mol. The summed E-state index contributed by atoms with van der Waals surface area (Å²) in [5, 5.41) is 2.78. The number of rotatable bonds is 5. The van der Waals surface area contributed by atoms with Gasteiger partial charge in [0.2, 0.25) is 0 Å².